The Morgan fingerprint density at radius 3 is 2.62 bits per heavy atom. The largest absolute Gasteiger partial charge is 0.308 e. The molecule has 1 heterocycles. The quantitative estimate of drug-likeness (QED) is 0.864. The second-order valence-electron chi connectivity index (χ2n) is 5.75. The lowest BCUT2D eigenvalue weighted by Crippen LogP contribution is -2.35. The molecule has 1 aromatic carbocycles. The molecule has 0 unspecified atom stereocenters. The number of halogens is 2. The lowest BCUT2D eigenvalue weighted by Gasteiger charge is -2.21. The first-order valence-electron chi connectivity index (χ1n) is 6.67. The Balaban J connectivity index is 2.23. The molecule has 1 N–H and O–H groups in total. The summed E-state index contributed by atoms with van der Waals surface area (Å²) in [5.41, 5.74) is 0.902. The van der Waals surface area contributed by atoms with Gasteiger partial charge >= 0.3 is 0 Å². The molecule has 0 atom stereocenters. The lowest BCUT2D eigenvalue weighted by atomic mass is 10.1. The highest BCUT2D eigenvalue weighted by Crippen LogP contribution is 2.32. The molecule has 0 fully saturated rings. The van der Waals surface area contributed by atoms with E-state index >= 15 is 0 Å². The van der Waals surface area contributed by atoms with Gasteiger partial charge in [0.15, 0.2) is 0 Å². The number of hydrogen-bond acceptors (Lipinski definition) is 3. The summed E-state index contributed by atoms with van der Waals surface area (Å²) in [5.74, 6) is -0.232. The minimum atomic E-state index is -0.232. The molecule has 0 bridgehead atoms. The topological polar surface area (TPSA) is 24.9 Å². The number of nitrogens with zero attached hydrogens (tertiary/aromatic N) is 1. The van der Waals surface area contributed by atoms with Crippen molar-refractivity contribution in [1.29, 1.82) is 0 Å². The Labute approximate surface area is 134 Å². The lowest BCUT2D eigenvalue weighted by molar-refractivity contribution is 0.421. The van der Waals surface area contributed by atoms with Crippen LogP contribution in [0.15, 0.2) is 46.5 Å². The van der Waals surface area contributed by atoms with Gasteiger partial charge in [0.25, 0.3) is 0 Å². The molecular weight excluding hydrogens is 307 g/mol. The molecule has 0 aliphatic rings. The molecule has 21 heavy (non-hydrogen) atoms. The molecule has 2 aromatic rings. The Morgan fingerprint density at radius 2 is 2.00 bits per heavy atom. The van der Waals surface area contributed by atoms with Gasteiger partial charge in [0.05, 0.1) is 9.92 Å². The predicted octanol–water partition coefficient (Wildman–Crippen LogP) is 4.91. The first-order chi connectivity index (χ1) is 9.85. The molecule has 2 nitrogen and oxygen atoms in total. The van der Waals surface area contributed by atoms with Crippen molar-refractivity contribution in [1.82, 2.24) is 10.3 Å². The fourth-order valence-electron chi connectivity index (χ4n) is 1.69. The Morgan fingerprint density at radius 1 is 1.24 bits per heavy atom. The molecule has 112 valence electrons. The highest BCUT2D eigenvalue weighted by atomic mass is 35.5. The van der Waals surface area contributed by atoms with Crippen LogP contribution in [0.3, 0.4) is 0 Å². The van der Waals surface area contributed by atoms with E-state index in [0.29, 0.717) is 16.5 Å². The third-order valence-electron chi connectivity index (χ3n) is 2.76. The van der Waals surface area contributed by atoms with Crippen molar-refractivity contribution in [3.8, 4) is 0 Å². The van der Waals surface area contributed by atoms with Crippen LogP contribution >= 0.6 is 23.4 Å². The van der Waals surface area contributed by atoms with Crippen molar-refractivity contribution in [2.75, 3.05) is 0 Å². The number of aromatic nitrogens is 1. The van der Waals surface area contributed by atoms with Crippen LogP contribution in [0.1, 0.15) is 26.3 Å². The zero-order chi connectivity index (χ0) is 15.5. The van der Waals surface area contributed by atoms with E-state index in [4.69, 9.17) is 11.6 Å². The number of pyridine rings is 1. The molecule has 0 radical (unpaired) electrons. The van der Waals surface area contributed by atoms with Gasteiger partial charge < -0.3 is 5.32 Å². The van der Waals surface area contributed by atoms with Gasteiger partial charge in [-0.2, -0.15) is 0 Å². The maximum Gasteiger partial charge on any atom is 0.137 e. The molecule has 0 aliphatic heterocycles. The van der Waals surface area contributed by atoms with E-state index in [1.807, 2.05) is 6.07 Å². The van der Waals surface area contributed by atoms with Crippen molar-refractivity contribution < 1.29 is 4.39 Å². The standard InChI is InChI=1S/C16H18ClFN2S/c1-16(2,3)20-9-11-5-4-6-13(18)15(11)21-14-8-7-12(17)10-19-14/h4-8,10,20H,9H2,1-3H3. The van der Waals surface area contributed by atoms with Crippen LogP contribution in [0.4, 0.5) is 4.39 Å². The van der Waals surface area contributed by atoms with Gasteiger partial charge in [-0.1, -0.05) is 35.5 Å². The highest BCUT2D eigenvalue weighted by Gasteiger charge is 2.14. The van der Waals surface area contributed by atoms with Gasteiger partial charge in [0.2, 0.25) is 0 Å². The summed E-state index contributed by atoms with van der Waals surface area (Å²) >= 11 is 7.14. The van der Waals surface area contributed by atoms with Gasteiger partial charge in [-0.05, 0) is 44.5 Å². The van der Waals surface area contributed by atoms with Crippen LogP contribution in [-0.2, 0) is 6.54 Å². The molecule has 1 aromatic heterocycles. The summed E-state index contributed by atoms with van der Waals surface area (Å²) < 4.78 is 14.1. The molecule has 2 rings (SSSR count). The fraction of sp³-hybridized carbons (Fsp3) is 0.312. The molecule has 0 amide bonds. The van der Waals surface area contributed by atoms with Crippen molar-refractivity contribution in [2.45, 2.75) is 42.8 Å². The van der Waals surface area contributed by atoms with Crippen molar-refractivity contribution in [3.05, 3.63) is 52.9 Å². The average molecular weight is 325 g/mol. The molecule has 0 saturated heterocycles. The highest BCUT2D eigenvalue weighted by molar-refractivity contribution is 7.99. The van der Waals surface area contributed by atoms with Crippen LogP contribution in [0, 0.1) is 5.82 Å². The summed E-state index contributed by atoms with van der Waals surface area (Å²) in [6, 6.07) is 8.68. The van der Waals surface area contributed by atoms with E-state index < -0.39 is 0 Å². The van der Waals surface area contributed by atoms with E-state index in [2.05, 4.69) is 31.1 Å². The maximum atomic E-state index is 14.1. The van der Waals surface area contributed by atoms with Crippen LogP contribution in [0.5, 0.6) is 0 Å². The first-order valence-corrected chi connectivity index (χ1v) is 7.86. The number of benzene rings is 1. The van der Waals surface area contributed by atoms with Crippen LogP contribution in [-0.4, -0.2) is 10.5 Å². The fourth-order valence-corrected chi connectivity index (χ4v) is 2.69. The predicted molar refractivity (Wildman–Crippen MR) is 86.4 cm³/mol. The van der Waals surface area contributed by atoms with E-state index in [-0.39, 0.29) is 11.4 Å². The van der Waals surface area contributed by atoms with Gasteiger partial charge in [-0.3, -0.25) is 0 Å². The summed E-state index contributed by atoms with van der Waals surface area (Å²) in [5, 5.41) is 4.67. The normalized spacial score (nSPS) is 11.7. The maximum absolute atomic E-state index is 14.1. The van der Waals surface area contributed by atoms with Gasteiger partial charge in [0, 0.05) is 18.3 Å². The molecule has 0 spiro atoms. The zero-order valence-corrected chi connectivity index (χ0v) is 13.9. The average Bonchev–Trinajstić information content (AvgIpc) is 2.41. The minimum Gasteiger partial charge on any atom is -0.308 e. The van der Waals surface area contributed by atoms with Crippen LogP contribution in [0.25, 0.3) is 0 Å². The number of rotatable bonds is 4. The van der Waals surface area contributed by atoms with E-state index in [1.54, 1.807) is 24.4 Å². The SMILES string of the molecule is CC(C)(C)NCc1cccc(F)c1Sc1ccc(Cl)cn1. The molecule has 5 heteroatoms. The second-order valence-corrected chi connectivity index (χ2v) is 7.22. The summed E-state index contributed by atoms with van der Waals surface area (Å²) in [6.07, 6.45) is 1.57. The van der Waals surface area contributed by atoms with Crippen LogP contribution in [0.2, 0.25) is 5.02 Å². The first kappa shape index (κ1) is 16.3. The Kier molecular flexibility index (Phi) is 5.25. The van der Waals surface area contributed by atoms with E-state index in [0.717, 1.165) is 10.6 Å². The van der Waals surface area contributed by atoms with Crippen molar-refractivity contribution in [3.63, 3.8) is 0 Å². The number of hydrogen-bond donors (Lipinski definition) is 1. The Hall–Kier alpha value is -1.10. The van der Waals surface area contributed by atoms with Crippen molar-refractivity contribution in [2.24, 2.45) is 0 Å². The second kappa shape index (κ2) is 6.77. The molecule has 0 saturated carbocycles. The van der Waals surface area contributed by atoms with E-state index in [9.17, 15) is 4.39 Å². The summed E-state index contributed by atoms with van der Waals surface area (Å²) in [7, 11) is 0. The smallest absolute Gasteiger partial charge is 0.137 e. The van der Waals surface area contributed by atoms with E-state index in [1.165, 1.54) is 17.8 Å². The molecular formula is C16H18ClFN2S. The third-order valence-corrected chi connectivity index (χ3v) is 4.10. The van der Waals surface area contributed by atoms with Gasteiger partial charge in [-0.25, -0.2) is 9.37 Å². The summed E-state index contributed by atoms with van der Waals surface area (Å²) in [4.78, 5) is 4.81. The Bertz CT molecular complexity index is 609. The minimum absolute atomic E-state index is 0.0211. The van der Waals surface area contributed by atoms with Gasteiger partial charge in [-0.15, -0.1) is 0 Å². The summed E-state index contributed by atoms with van der Waals surface area (Å²) in [6.45, 7) is 6.86. The van der Waals surface area contributed by atoms with Crippen LogP contribution < -0.4 is 5.32 Å². The van der Waals surface area contributed by atoms with Crippen molar-refractivity contribution >= 4 is 23.4 Å². The monoisotopic (exact) mass is 324 g/mol. The molecule has 0 aliphatic carbocycles. The number of nitrogens with one attached hydrogen (secondary N) is 1. The zero-order valence-electron chi connectivity index (χ0n) is 12.3. The van der Waals surface area contributed by atoms with Gasteiger partial charge in [0.1, 0.15) is 10.8 Å². The third kappa shape index (κ3) is 4.99.